The lowest BCUT2D eigenvalue weighted by atomic mass is 10.1. The maximum Gasteiger partial charge on any atom is 0.338 e. The van der Waals surface area contributed by atoms with Gasteiger partial charge in [-0.05, 0) is 42.8 Å². The molecule has 2 aromatic heterocycles. The molecule has 4 aromatic rings. The van der Waals surface area contributed by atoms with E-state index in [1.807, 2.05) is 64.8 Å². The molecule has 6 heteroatoms. The number of amides is 1. The molecule has 1 amide bonds. The van der Waals surface area contributed by atoms with Crippen LogP contribution in [0.5, 0.6) is 0 Å². The Labute approximate surface area is 178 Å². The number of hydrogen-bond acceptors (Lipinski definition) is 4. The Morgan fingerprint density at radius 3 is 2.50 bits per heavy atom. The number of rotatable bonds is 6. The van der Waals surface area contributed by atoms with E-state index in [4.69, 9.17) is 4.74 Å². The van der Waals surface area contributed by atoms with E-state index >= 15 is 0 Å². The third kappa shape index (κ3) is 4.04. The number of carbonyl (C=O) groups excluding carboxylic acids is 2. The Balaban J connectivity index is 1.68. The largest absolute Gasteiger partial charge is 0.462 e. The van der Waals surface area contributed by atoms with Crippen LogP contribution in [-0.4, -0.2) is 23.1 Å². The quantitative estimate of drug-likeness (QED) is 0.414. The van der Waals surface area contributed by atoms with Crippen LogP contribution in [0.3, 0.4) is 0 Å². The standard InChI is InChI=1S/C24H20N2O3S/c1-2-29-24(28)18-11-8-12-19(15-18)25-23(27)22-21(26-13-6-7-14-26)20(16-30-22)17-9-4-3-5-10-17/h3-16H,2H2,1H3,(H,25,27). The average Bonchev–Trinajstić information content (AvgIpc) is 3.44. The number of esters is 1. The summed E-state index contributed by atoms with van der Waals surface area (Å²) >= 11 is 1.39. The first-order chi connectivity index (χ1) is 14.7. The van der Waals surface area contributed by atoms with Crippen LogP contribution < -0.4 is 5.32 Å². The number of hydrogen-bond donors (Lipinski definition) is 1. The Morgan fingerprint density at radius 2 is 1.77 bits per heavy atom. The van der Waals surface area contributed by atoms with Gasteiger partial charge in [-0.25, -0.2) is 4.79 Å². The van der Waals surface area contributed by atoms with Crippen LogP contribution >= 0.6 is 11.3 Å². The lowest BCUT2D eigenvalue weighted by Gasteiger charge is -2.11. The number of aromatic nitrogens is 1. The second kappa shape index (κ2) is 8.80. The molecule has 0 saturated heterocycles. The van der Waals surface area contributed by atoms with Gasteiger partial charge in [0.25, 0.3) is 5.91 Å². The van der Waals surface area contributed by atoms with Gasteiger partial charge in [-0.2, -0.15) is 0 Å². The number of benzene rings is 2. The van der Waals surface area contributed by atoms with Gasteiger partial charge < -0.3 is 14.6 Å². The Hall–Kier alpha value is -3.64. The smallest absolute Gasteiger partial charge is 0.338 e. The summed E-state index contributed by atoms with van der Waals surface area (Å²) < 4.78 is 6.99. The molecule has 0 spiro atoms. The average molecular weight is 417 g/mol. The highest BCUT2D eigenvalue weighted by Gasteiger charge is 2.20. The zero-order valence-electron chi connectivity index (χ0n) is 16.4. The van der Waals surface area contributed by atoms with Crippen LogP contribution in [0.4, 0.5) is 5.69 Å². The molecule has 0 aliphatic heterocycles. The van der Waals surface area contributed by atoms with Gasteiger partial charge in [0.05, 0.1) is 17.9 Å². The van der Waals surface area contributed by atoms with E-state index in [0.717, 1.165) is 16.8 Å². The zero-order valence-corrected chi connectivity index (χ0v) is 17.2. The number of nitrogens with zero attached hydrogens (tertiary/aromatic N) is 1. The minimum Gasteiger partial charge on any atom is -0.462 e. The highest BCUT2D eigenvalue weighted by atomic mass is 32.1. The number of carbonyl (C=O) groups is 2. The van der Waals surface area contributed by atoms with Crippen molar-refractivity contribution in [3.63, 3.8) is 0 Å². The molecule has 4 rings (SSSR count). The van der Waals surface area contributed by atoms with Crippen LogP contribution in [0.1, 0.15) is 27.0 Å². The minimum atomic E-state index is -0.413. The molecule has 5 nitrogen and oxygen atoms in total. The molecule has 0 aliphatic carbocycles. The second-order valence-corrected chi connectivity index (χ2v) is 7.42. The summed E-state index contributed by atoms with van der Waals surface area (Å²) in [5.41, 5.74) is 3.80. The number of thiophene rings is 1. The lowest BCUT2D eigenvalue weighted by molar-refractivity contribution is 0.0526. The van der Waals surface area contributed by atoms with Crippen LogP contribution in [0.2, 0.25) is 0 Å². The van der Waals surface area contributed by atoms with Crippen molar-refractivity contribution in [3.8, 4) is 16.8 Å². The molecule has 1 N–H and O–H groups in total. The fraction of sp³-hybridized carbons (Fsp3) is 0.0833. The first-order valence-corrected chi connectivity index (χ1v) is 10.4. The normalized spacial score (nSPS) is 10.6. The van der Waals surface area contributed by atoms with E-state index in [0.29, 0.717) is 22.7 Å². The molecule has 0 aliphatic rings. The summed E-state index contributed by atoms with van der Waals surface area (Å²) in [5, 5.41) is 4.91. The van der Waals surface area contributed by atoms with Gasteiger partial charge >= 0.3 is 5.97 Å². The number of nitrogens with one attached hydrogen (secondary N) is 1. The molecule has 0 unspecified atom stereocenters. The van der Waals surface area contributed by atoms with Crippen molar-refractivity contribution >= 4 is 28.9 Å². The van der Waals surface area contributed by atoms with Crippen LogP contribution in [0, 0.1) is 0 Å². The first-order valence-electron chi connectivity index (χ1n) is 9.56. The Kier molecular flexibility index (Phi) is 5.77. The van der Waals surface area contributed by atoms with E-state index in [2.05, 4.69) is 5.32 Å². The predicted molar refractivity (Wildman–Crippen MR) is 119 cm³/mol. The van der Waals surface area contributed by atoms with Gasteiger partial charge in [-0.15, -0.1) is 11.3 Å². The Bertz CT molecular complexity index is 1160. The monoisotopic (exact) mass is 416 g/mol. The summed E-state index contributed by atoms with van der Waals surface area (Å²) in [7, 11) is 0. The topological polar surface area (TPSA) is 60.3 Å². The summed E-state index contributed by atoms with van der Waals surface area (Å²) in [4.78, 5) is 25.7. The van der Waals surface area contributed by atoms with E-state index < -0.39 is 5.97 Å². The second-order valence-electron chi connectivity index (χ2n) is 6.54. The summed E-state index contributed by atoms with van der Waals surface area (Å²) in [6.45, 7) is 2.06. The Morgan fingerprint density at radius 1 is 1.00 bits per heavy atom. The van der Waals surface area contributed by atoms with E-state index in [1.165, 1.54) is 11.3 Å². The first kappa shape index (κ1) is 19.7. The van der Waals surface area contributed by atoms with Crippen LogP contribution in [0.25, 0.3) is 16.8 Å². The van der Waals surface area contributed by atoms with E-state index in [1.54, 1.807) is 31.2 Å². The number of ether oxygens (including phenoxy) is 1. The van der Waals surface area contributed by atoms with Crippen molar-refractivity contribution < 1.29 is 14.3 Å². The highest BCUT2D eigenvalue weighted by molar-refractivity contribution is 7.13. The molecule has 2 aromatic carbocycles. The van der Waals surface area contributed by atoms with Crippen LogP contribution in [0.15, 0.2) is 84.5 Å². The van der Waals surface area contributed by atoms with Gasteiger partial charge in [-0.3, -0.25) is 4.79 Å². The van der Waals surface area contributed by atoms with Crippen molar-refractivity contribution in [3.05, 3.63) is 94.9 Å². The third-order valence-corrected chi connectivity index (χ3v) is 5.52. The maximum atomic E-state index is 13.2. The zero-order chi connectivity index (χ0) is 20.9. The number of anilines is 1. The van der Waals surface area contributed by atoms with Crippen molar-refractivity contribution in [2.45, 2.75) is 6.92 Å². The molecular weight excluding hydrogens is 396 g/mol. The van der Waals surface area contributed by atoms with Crippen molar-refractivity contribution in [2.24, 2.45) is 0 Å². The van der Waals surface area contributed by atoms with Crippen molar-refractivity contribution in [1.29, 1.82) is 0 Å². The van der Waals surface area contributed by atoms with Gasteiger partial charge in [-0.1, -0.05) is 36.4 Å². The highest BCUT2D eigenvalue weighted by Crippen LogP contribution is 2.35. The van der Waals surface area contributed by atoms with Crippen molar-refractivity contribution in [2.75, 3.05) is 11.9 Å². The van der Waals surface area contributed by atoms with E-state index in [-0.39, 0.29) is 5.91 Å². The summed E-state index contributed by atoms with van der Waals surface area (Å²) in [6, 6.07) is 20.6. The van der Waals surface area contributed by atoms with Gasteiger partial charge in [0.1, 0.15) is 4.88 Å². The molecule has 150 valence electrons. The van der Waals surface area contributed by atoms with Gasteiger partial charge in [0.2, 0.25) is 0 Å². The van der Waals surface area contributed by atoms with E-state index in [9.17, 15) is 9.59 Å². The molecule has 0 fully saturated rings. The molecule has 0 atom stereocenters. The molecule has 2 heterocycles. The SMILES string of the molecule is CCOC(=O)c1cccc(NC(=O)c2scc(-c3ccccc3)c2-n2cccc2)c1. The summed E-state index contributed by atoms with van der Waals surface area (Å²) in [6.07, 6.45) is 3.85. The molecular formula is C24H20N2O3S. The minimum absolute atomic E-state index is 0.230. The van der Waals surface area contributed by atoms with Crippen molar-refractivity contribution in [1.82, 2.24) is 4.57 Å². The lowest BCUT2D eigenvalue weighted by Crippen LogP contribution is -2.13. The predicted octanol–water partition coefficient (Wildman–Crippen LogP) is 5.63. The molecule has 0 radical (unpaired) electrons. The third-order valence-electron chi connectivity index (χ3n) is 4.55. The fourth-order valence-electron chi connectivity index (χ4n) is 3.20. The summed E-state index contributed by atoms with van der Waals surface area (Å²) in [5.74, 6) is -0.643. The molecule has 0 saturated carbocycles. The molecule has 30 heavy (non-hydrogen) atoms. The van der Waals surface area contributed by atoms with Gasteiger partial charge in [0.15, 0.2) is 0 Å². The molecule has 0 bridgehead atoms. The maximum absolute atomic E-state index is 13.2. The van der Waals surface area contributed by atoms with Gasteiger partial charge in [0, 0.05) is 29.0 Å². The van der Waals surface area contributed by atoms with Crippen LogP contribution in [-0.2, 0) is 4.74 Å². The fourth-order valence-corrected chi connectivity index (χ4v) is 4.17.